The van der Waals surface area contributed by atoms with Crippen molar-refractivity contribution in [2.45, 2.75) is 0 Å². The zero-order valence-electron chi connectivity index (χ0n) is 7.70. The maximum absolute atomic E-state index is 9.12. The van der Waals surface area contributed by atoms with Gasteiger partial charge < -0.3 is 20.7 Å². The summed E-state index contributed by atoms with van der Waals surface area (Å²) in [6.07, 6.45) is 0. The monoisotopic (exact) mass is 180 g/mol. The van der Waals surface area contributed by atoms with Crippen LogP contribution in [0.25, 0.3) is 0 Å². The van der Waals surface area contributed by atoms with E-state index in [1.165, 1.54) is 0 Å². The van der Waals surface area contributed by atoms with Crippen molar-refractivity contribution in [1.82, 2.24) is 0 Å². The Bertz CT molecular complexity index is 269. The number of anilines is 2. The average molecular weight is 180 g/mol. The SMILES string of the molecule is CNc1cccc(NC)c1B(O)O. The van der Waals surface area contributed by atoms with E-state index in [0.29, 0.717) is 16.8 Å². The molecule has 0 aromatic heterocycles. The van der Waals surface area contributed by atoms with Gasteiger partial charge >= 0.3 is 7.12 Å². The van der Waals surface area contributed by atoms with E-state index in [4.69, 9.17) is 10.0 Å². The Morgan fingerprint density at radius 3 is 1.85 bits per heavy atom. The highest BCUT2D eigenvalue weighted by atomic mass is 16.4. The third kappa shape index (κ3) is 1.94. The Balaban J connectivity index is 3.21. The molecule has 1 aromatic rings. The quantitative estimate of drug-likeness (QED) is 0.471. The first kappa shape index (κ1) is 9.89. The zero-order valence-corrected chi connectivity index (χ0v) is 7.70. The summed E-state index contributed by atoms with van der Waals surface area (Å²) in [5.74, 6) is 0. The molecule has 13 heavy (non-hydrogen) atoms. The predicted octanol–water partition coefficient (Wildman–Crippen LogP) is -0.550. The minimum atomic E-state index is -1.47. The molecule has 0 radical (unpaired) electrons. The molecule has 4 nitrogen and oxygen atoms in total. The molecule has 1 aromatic carbocycles. The van der Waals surface area contributed by atoms with Crippen LogP contribution in [0.2, 0.25) is 0 Å². The van der Waals surface area contributed by atoms with Crippen molar-refractivity contribution in [2.75, 3.05) is 24.7 Å². The highest BCUT2D eigenvalue weighted by Gasteiger charge is 2.18. The topological polar surface area (TPSA) is 64.5 Å². The van der Waals surface area contributed by atoms with Crippen LogP contribution < -0.4 is 16.1 Å². The lowest BCUT2D eigenvalue weighted by Crippen LogP contribution is -2.34. The van der Waals surface area contributed by atoms with Crippen LogP contribution >= 0.6 is 0 Å². The summed E-state index contributed by atoms with van der Waals surface area (Å²) in [5.41, 5.74) is 1.89. The Hall–Kier alpha value is -1.20. The lowest BCUT2D eigenvalue weighted by atomic mass is 9.77. The summed E-state index contributed by atoms with van der Waals surface area (Å²) in [4.78, 5) is 0. The minimum Gasteiger partial charge on any atom is -0.423 e. The number of benzene rings is 1. The van der Waals surface area contributed by atoms with Gasteiger partial charge in [-0.05, 0) is 12.1 Å². The Kier molecular flexibility index (Phi) is 3.16. The van der Waals surface area contributed by atoms with Crippen molar-refractivity contribution in [3.63, 3.8) is 0 Å². The van der Waals surface area contributed by atoms with Crippen LogP contribution in [0.3, 0.4) is 0 Å². The second-order valence-electron chi connectivity index (χ2n) is 2.64. The average Bonchev–Trinajstić information content (AvgIpc) is 2.16. The minimum absolute atomic E-state index is 0.465. The molecular formula is C8H13BN2O2. The molecule has 4 N–H and O–H groups in total. The molecule has 0 saturated heterocycles. The van der Waals surface area contributed by atoms with Gasteiger partial charge in [-0.1, -0.05) is 6.07 Å². The molecular weight excluding hydrogens is 167 g/mol. The van der Waals surface area contributed by atoms with Crippen molar-refractivity contribution in [1.29, 1.82) is 0 Å². The van der Waals surface area contributed by atoms with E-state index >= 15 is 0 Å². The molecule has 1 rings (SSSR count). The molecule has 0 atom stereocenters. The third-order valence-corrected chi connectivity index (χ3v) is 1.90. The fourth-order valence-electron chi connectivity index (χ4n) is 1.28. The first-order valence-corrected chi connectivity index (χ1v) is 4.05. The van der Waals surface area contributed by atoms with Gasteiger partial charge in [0.15, 0.2) is 0 Å². The highest BCUT2D eigenvalue weighted by Crippen LogP contribution is 2.11. The molecule has 0 unspecified atom stereocenters. The van der Waals surface area contributed by atoms with Gasteiger partial charge in [-0.15, -0.1) is 0 Å². The number of nitrogens with one attached hydrogen (secondary N) is 2. The largest absolute Gasteiger partial charge is 0.492 e. The smallest absolute Gasteiger partial charge is 0.423 e. The first-order valence-electron chi connectivity index (χ1n) is 4.05. The first-order chi connectivity index (χ1) is 6.20. The molecule has 0 amide bonds. The Labute approximate surface area is 77.7 Å². The summed E-state index contributed by atoms with van der Waals surface area (Å²) in [6, 6.07) is 5.41. The third-order valence-electron chi connectivity index (χ3n) is 1.90. The van der Waals surface area contributed by atoms with Crippen LogP contribution in [-0.4, -0.2) is 31.3 Å². The van der Waals surface area contributed by atoms with E-state index in [2.05, 4.69) is 10.6 Å². The molecule has 0 heterocycles. The maximum Gasteiger partial charge on any atom is 0.492 e. The van der Waals surface area contributed by atoms with Gasteiger partial charge in [-0.25, -0.2) is 0 Å². The molecule has 70 valence electrons. The summed E-state index contributed by atoms with van der Waals surface area (Å²) in [6.45, 7) is 0. The summed E-state index contributed by atoms with van der Waals surface area (Å²) in [5, 5.41) is 24.0. The molecule has 0 spiro atoms. The molecule has 0 saturated carbocycles. The molecule has 0 aliphatic heterocycles. The van der Waals surface area contributed by atoms with Crippen molar-refractivity contribution >= 4 is 24.0 Å². The lowest BCUT2D eigenvalue weighted by molar-refractivity contribution is 0.426. The van der Waals surface area contributed by atoms with Gasteiger partial charge in [0.2, 0.25) is 0 Å². The number of hydrogen-bond acceptors (Lipinski definition) is 4. The molecule has 0 fully saturated rings. The standard InChI is InChI=1S/C8H13BN2O2/c1-10-6-4-3-5-7(11-2)8(6)9(12)13/h3-5,10-13H,1-2H3. The molecule has 0 aliphatic rings. The van der Waals surface area contributed by atoms with E-state index in [1.807, 2.05) is 6.07 Å². The van der Waals surface area contributed by atoms with Crippen LogP contribution in [0, 0.1) is 0 Å². The van der Waals surface area contributed by atoms with Crippen molar-refractivity contribution in [3.05, 3.63) is 18.2 Å². The summed E-state index contributed by atoms with van der Waals surface area (Å²) >= 11 is 0. The van der Waals surface area contributed by atoms with E-state index in [1.54, 1.807) is 26.2 Å². The Morgan fingerprint density at radius 2 is 1.54 bits per heavy atom. The fraction of sp³-hybridized carbons (Fsp3) is 0.250. The number of hydrogen-bond donors (Lipinski definition) is 4. The van der Waals surface area contributed by atoms with Gasteiger partial charge in [-0.3, -0.25) is 0 Å². The second-order valence-corrected chi connectivity index (χ2v) is 2.64. The van der Waals surface area contributed by atoms with E-state index in [9.17, 15) is 0 Å². The van der Waals surface area contributed by atoms with E-state index in [-0.39, 0.29) is 0 Å². The van der Waals surface area contributed by atoms with Gasteiger partial charge in [0.1, 0.15) is 0 Å². The summed E-state index contributed by atoms with van der Waals surface area (Å²) in [7, 11) is 2.01. The number of rotatable bonds is 3. The van der Waals surface area contributed by atoms with Crippen LogP contribution in [0.4, 0.5) is 11.4 Å². The maximum atomic E-state index is 9.12. The van der Waals surface area contributed by atoms with Crippen LogP contribution in [0.1, 0.15) is 0 Å². The van der Waals surface area contributed by atoms with Gasteiger partial charge in [0.05, 0.1) is 0 Å². The van der Waals surface area contributed by atoms with Gasteiger partial charge in [0.25, 0.3) is 0 Å². The van der Waals surface area contributed by atoms with Crippen LogP contribution in [0.5, 0.6) is 0 Å². The van der Waals surface area contributed by atoms with Crippen molar-refractivity contribution in [3.8, 4) is 0 Å². The van der Waals surface area contributed by atoms with Gasteiger partial charge in [0, 0.05) is 30.9 Å². The molecule has 0 aliphatic carbocycles. The predicted molar refractivity (Wildman–Crippen MR) is 55.4 cm³/mol. The van der Waals surface area contributed by atoms with E-state index < -0.39 is 7.12 Å². The normalized spacial score (nSPS) is 9.54. The van der Waals surface area contributed by atoms with Crippen LogP contribution in [-0.2, 0) is 0 Å². The highest BCUT2D eigenvalue weighted by molar-refractivity contribution is 6.62. The fourth-order valence-corrected chi connectivity index (χ4v) is 1.28. The van der Waals surface area contributed by atoms with E-state index in [0.717, 1.165) is 0 Å². The lowest BCUT2D eigenvalue weighted by Gasteiger charge is -2.13. The van der Waals surface area contributed by atoms with Crippen molar-refractivity contribution < 1.29 is 10.0 Å². The van der Waals surface area contributed by atoms with Crippen molar-refractivity contribution in [2.24, 2.45) is 0 Å². The zero-order chi connectivity index (χ0) is 9.84. The van der Waals surface area contributed by atoms with Gasteiger partial charge in [-0.2, -0.15) is 0 Å². The summed E-state index contributed by atoms with van der Waals surface area (Å²) < 4.78 is 0. The molecule has 5 heteroatoms. The molecule has 0 bridgehead atoms. The second kappa shape index (κ2) is 4.16. The Morgan fingerprint density at radius 1 is 1.08 bits per heavy atom. The van der Waals surface area contributed by atoms with Crippen LogP contribution in [0.15, 0.2) is 18.2 Å².